The molecule has 0 spiro atoms. The van der Waals surface area contributed by atoms with Gasteiger partial charge >= 0.3 is 0 Å². The number of aliphatic hydroxyl groups is 1. The number of amides is 2. The van der Waals surface area contributed by atoms with E-state index in [4.69, 9.17) is 5.73 Å². The zero-order chi connectivity index (χ0) is 22.6. The van der Waals surface area contributed by atoms with Crippen molar-refractivity contribution >= 4 is 23.6 Å². The first kappa shape index (κ1) is 23.3. The van der Waals surface area contributed by atoms with Crippen LogP contribution in [0.5, 0.6) is 0 Å². The summed E-state index contributed by atoms with van der Waals surface area (Å²) in [6.45, 7) is 6.27. The quantitative estimate of drug-likeness (QED) is 0.612. The third-order valence-electron chi connectivity index (χ3n) is 5.76. The van der Waals surface area contributed by atoms with Gasteiger partial charge in [-0.2, -0.15) is 0 Å². The molecule has 4 N–H and O–H groups in total. The number of aliphatic hydroxyl groups excluding tert-OH is 1. The zero-order valence-electron chi connectivity index (χ0n) is 18.2. The smallest absolute Gasteiger partial charge is 0.254 e. The maximum atomic E-state index is 13.1. The van der Waals surface area contributed by atoms with Crippen molar-refractivity contribution in [3.63, 3.8) is 0 Å². The van der Waals surface area contributed by atoms with Crippen molar-refractivity contribution in [2.24, 2.45) is 5.73 Å². The number of carbonyl (C=O) groups is 2. The van der Waals surface area contributed by atoms with E-state index in [1.807, 2.05) is 75.4 Å². The zero-order valence-corrected chi connectivity index (χ0v) is 19.1. The van der Waals surface area contributed by atoms with E-state index < -0.39 is 28.8 Å². The van der Waals surface area contributed by atoms with Crippen molar-refractivity contribution in [3.8, 4) is 0 Å². The third kappa shape index (κ3) is 5.47. The summed E-state index contributed by atoms with van der Waals surface area (Å²) in [4.78, 5) is 27.7. The summed E-state index contributed by atoms with van der Waals surface area (Å²) in [5, 5.41) is 13.6. The molecule has 0 bridgehead atoms. The van der Waals surface area contributed by atoms with Crippen molar-refractivity contribution in [2.75, 3.05) is 5.88 Å². The van der Waals surface area contributed by atoms with Crippen molar-refractivity contribution < 1.29 is 14.7 Å². The van der Waals surface area contributed by atoms with Gasteiger partial charge in [-0.1, -0.05) is 54.6 Å². The summed E-state index contributed by atoms with van der Waals surface area (Å²) in [7, 11) is 0. The van der Waals surface area contributed by atoms with E-state index in [0.29, 0.717) is 18.8 Å². The van der Waals surface area contributed by atoms with Crippen LogP contribution in [0, 0.1) is 6.92 Å². The highest BCUT2D eigenvalue weighted by Gasteiger charge is 2.49. The van der Waals surface area contributed by atoms with Gasteiger partial charge in [-0.25, -0.2) is 0 Å². The van der Waals surface area contributed by atoms with Crippen LogP contribution in [0.3, 0.4) is 0 Å². The topological polar surface area (TPSA) is 95.7 Å². The van der Waals surface area contributed by atoms with Crippen molar-refractivity contribution in [2.45, 2.75) is 56.7 Å². The Morgan fingerprint density at radius 3 is 2.52 bits per heavy atom. The van der Waals surface area contributed by atoms with Gasteiger partial charge < -0.3 is 21.1 Å². The molecule has 3 rings (SSSR count). The molecule has 166 valence electrons. The highest BCUT2D eigenvalue weighted by Crippen LogP contribution is 2.39. The normalized spacial score (nSPS) is 19.6. The highest BCUT2D eigenvalue weighted by atomic mass is 32.2. The molecule has 1 fully saturated rings. The molecule has 0 unspecified atom stereocenters. The number of carbonyl (C=O) groups excluding carboxylic acids is 2. The van der Waals surface area contributed by atoms with E-state index in [9.17, 15) is 14.7 Å². The van der Waals surface area contributed by atoms with Gasteiger partial charge in [0.05, 0.1) is 5.88 Å². The van der Waals surface area contributed by atoms with Crippen LogP contribution in [0.1, 0.15) is 30.5 Å². The van der Waals surface area contributed by atoms with E-state index in [2.05, 4.69) is 5.32 Å². The number of hydrogen-bond acceptors (Lipinski definition) is 5. The molecule has 2 aromatic carbocycles. The van der Waals surface area contributed by atoms with Crippen LogP contribution in [0.15, 0.2) is 54.6 Å². The predicted molar refractivity (Wildman–Crippen MR) is 124 cm³/mol. The van der Waals surface area contributed by atoms with Gasteiger partial charge in [0.25, 0.3) is 5.91 Å². The molecule has 1 aliphatic rings. The standard InChI is InChI=1S/C24H31N3O3S/c1-16-9-7-8-12-18(16)14-26-22(29)21-24(2,3)31-15-27(21)23(30)20(28)19(25)13-17-10-5-4-6-11-17/h4-12,19-21,28H,13-15,25H2,1-3H3,(H,26,29)/t19-,20-,21+/m0/s1. The molecule has 2 amide bonds. The van der Waals surface area contributed by atoms with Crippen LogP contribution in [0.4, 0.5) is 0 Å². The molecule has 1 heterocycles. The van der Waals surface area contributed by atoms with Gasteiger partial charge in [0, 0.05) is 17.3 Å². The molecule has 0 saturated carbocycles. The Bertz CT molecular complexity index is 919. The number of benzene rings is 2. The minimum Gasteiger partial charge on any atom is -0.382 e. The molecule has 1 aliphatic heterocycles. The van der Waals surface area contributed by atoms with Gasteiger partial charge in [-0.15, -0.1) is 11.8 Å². The van der Waals surface area contributed by atoms with Gasteiger partial charge in [-0.3, -0.25) is 9.59 Å². The van der Waals surface area contributed by atoms with Gasteiger partial charge in [0.15, 0.2) is 0 Å². The summed E-state index contributed by atoms with van der Waals surface area (Å²) in [5.74, 6) is -0.392. The van der Waals surface area contributed by atoms with Crippen LogP contribution < -0.4 is 11.1 Å². The molecule has 31 heavy (non-hydrogen) atoms. The molecule has 3 atom stereocenters. The Kier molecular flexibility index (Phi) is 7.41. The lowest BCUT2D eigenvalue weighted by atomic mass is 9.97. The number of nitrogens with one attached hydrogen (secondary N) is 1. The number of nitrogens with zero attached hydrogens (tertiary/aromatic N) is 1. The van der Waals surface area contributed by atoms with Crippen molar-refractivity contribution in [1.82, 2.24) is 10.2 Å². The summed E-state index contributed by atoms with van der Waals surface area (Å²) in [6.07, 6.45) is -0.996. The average Bonchev–Trinajstić information content (AvgIpc) is 3.07. The maximum absolute atomic E-state index is 13.1. The van der Waals surface area contributed by atoms with E-state index in [1.165, 1.54) is 16.7 Å². The summed E-state index contributed by atoms with van der Waals surface area (Å²) in [6, 6.07) is 15.9. The number of rotatable bonds is 7. The Hall–Kier alpha value is -2.35. The Morgan fingerprint density at radius 1 is 1.19 bits per heavy atom. The monoisotopic (exact) mass is 441 g/mol. The number of thioether (sulfide) groups is 1. The van der Waals surface area contributed by atoms with E-state index in [0.717, 1.165) is 16.7 Å². The molecule has 7 heteroatoms. The number of aryl methyl sites for hydroxylation is 1. The van der Waals surface area contributed by atoms with Crippen LogP contribution in [-0.2, 0) is 22.6 Å². The highest BCUT2D eigenvalue weighted by molar-refractivity contribution is 8.00. The fraction of sp³-hybridized carbons (Fsp3) is 0.417. The molecule has 0 radical (unpaired) electrons. The predicted octanol–water partition coefficient (Wildman–Crippen LogP) is 2.22. The lowest BCUT2D eigenvalue weighted by molar-refractivity contribution is -0.147. The second-order valence-electron chi connectivity index (χ2n) is 8.53. The summed E-state index contributed by atoms with van der Waals surface area (Å²) >= 11 is 1.52. The molecule has 1 saturated heterocycles. The van der Waals surface area contributed by atoms with Gasteiger partial charge in [-0.05, 0) is 43.9 Å². The Labute approximate surface area is 188 Å². The van der Waals surface area contributed by atoms with Gasteiger partial charge in [0.2, 0.25) is 5.91 Å². The SMILES string of the molecule is Cc1ccccc1CNC(=O)[C@H]1N(C(=O)[C@@H](O)[C@@H](N)Cc2ccccc2)CSC1(C)C. The first-order valence-corrected chi connectivity index (χ1v) is 11.4. The van der Waals surface area contributed by atoms with E-state index in [1.54, 1.807) is 0 Å². The largest absolute Gasteiger partial charge is 0.382 e. The third-order valence-corrected chi connectivity index (χ3v) is 7.14. The molecule has 2 aromatic rings. The fourth-order valence-electron chi connectivity index (χ4n) is 3.85. The summed E-state index contributed by atoms with van der Waals surface area (Å²) in [5.41, 5.74) is 9.23. The maximum Gasteiger partial charge on any atom is 0.254 e. The summed E-state index contributed by atoms with van der Waals surface area (Å²) < 4.78 is -0.477. The lowest BCUT2D eigenvalue weighted by Crippen LogP contribution is -2.57. The minimum atomic E-state index is -1.37. The van der Waals surface area contributed by atoms with Crippen LogP contribution in [0.2, 0.25) is 0 Å². The first-order chi connectivity index (χ1) is 14.7. The first-order valence-electron chi connectivity index (χ1n) is 10.4. The molecule has 0 aliphatic carbocycles. The van der Waals surface area contributed by atoms with E-state index >= 15 is 0 Å². The van der Waals surface area contributed by atoms with Gasteiger partial charge in [0.1, 0.15) is 12.1 Å². The van der Waals surface area contributed by atoms with Crippen LogP contribution in [0.25, 0.3) is 0 Å². The Balaban J connectivity index is 1.69. The molecule has 6 nitrogen and oxygen atoms in total. The van der Waals surface area contributed by atoms with Crippen LogP contribution >= 0.6 is 11.8 Å². The number of nitrogens with two attached hydrogens (primary N) is 1. The minimum absolute atomic E-state index is 0.226. The second kappa shape index (κ2) is 9.85. The lowest BCUT2D eigenvalue weighted by Gasteiger charge is -2.32. The fourth-order valence-corrected chi connectivity index (χ4v) is 4.99. The Morgan fingerprint density at radius 2 is 1.84 bits per heavy atom. The van der Waals surface area contributed by atoms with Crippen molar-refractivity contribution in [1.29, 1.82) is 0 Å². The second-order valence-corrected chi connectivity index (χ2v) is 10.1. The molecular weight excluding hydrogens is 410 g/mol. The van der Waals surface area contributed by atoms with Crippen LogP contribution in [-0.4, -0.2) is 50.6 Å². The van der Waals surface area contributed by atoms with Crippen molar-refractivity contribution in [3.05, 3.63) is 71.3 Å². The molecular formula is C24H31N3O3S. The van der Waals surface area contributed by atoms with E-state index in [-0.39, 0.29) is 5.91 Å². The molecule has 0 aromatic heterocycles. The average molecular weight is 442 g/mol. The number of hydrogen-bond donors (Lipinski definition) is 3.